The van der Waals surface area contributed by atoms with Gasteiger partial charge in [-0.1, -0.05) is 20.8 Å². The molecule has 1 aliphatic rings. The fraction of sp³-hybridized carbons (Fsp3) is 0.950. The van der Waals surface area contributed by atoms with Crippen LogP contribution in [0.15, 0.2) is 0 Å². The molecule has 148 valence electrons. The number of amides is 1. The Hall–Kier alpha value is -0.553. The van der Waals surface area contributed by atoms with Gasteiger partial charge in [0.25, 0.3) is 0 Å². The topological polar surface area (TPSA) is 47.6 Å². The van der Waals surface area contributed by atoms with E-state index in [1.807, 2.05) is 20.8 Å². The smallest absolute Gasteiger partial charge is 0.407 e. The molecule has 1 saturated carbocycles. The second-order valence-corrected chi connectivity index (χ2v) is 12.4. The van der Waals surface area contributed by atoms with Gasteiger partial charge < -0.3 is 14.5 Å². The van der Waals surface area contributed by atoms with Crippen molar-refractivity contribution in [3.05, 3.63) is 0 Å². The Labute approximate surface area is 157 Å². The molecule has 1 unspecified atom stereocenters. The third-order valence-corrected chi connectivity index (χ3v) is 5.98. The van der Waals surface area contributed by atoms with Crippen molar-refractivity contribution in [2.75, 3.05) is 13.2 Å². The molecular weight excluding hydrogens is 330 g/mol. The summed E-state index contributed by atoms with van der Waals surface area (Å²) in [7, 11) is -0.967. The van der Waals surface area contributed by atoms with E-state index < -0.39 is 14.6 Å². The van der Waals surface area contributed by atoms with Gasteiger partial charge in [0, 0.05) is 13.2 Å². The van der Waals surface area contributed by atoms with Gasteiger partial charge in [0.05, 0.1) is 0 Å². The highest BCUT2D eigenvalue weighted by Gasteiger charge is 2.35. The first-order valence-electron chi connectivity index (χ1n) is 9.97. The number of hydrogen-bond acceptors (Lipinski definition) is 3. The van der Waals surface area contributed by atoms with E-state index in [0.717, 1.165) is 19.1 Å². The van der Waals surface area contributed by atoms with E-state index in [0.29, 0.717) is 11.8 Å². The Morgan fingerprint density at radius 1 is 1.08 bits per heavy atom. The second kappa shape index (κ2) is 9.40. The molecule has 1 N–H and O–H groups in total. The average molecular weight is 372 g/mol. The minimum atomic E-state index is -0.967. The van der Waals surface area contributed by atoms with Crippen LogP contribution in [-0.2, 0) is 9.16 Å². The van der Waals surface area contributed by atoms with E-state index in [4.69, 9.17) is 9.16 Å². The highest BCUT2D eigenvalue weighted by Crippen LogP contribution is 2.41. The van der Waals surface area contributed by atoms with Gasteiger partial charge in [-0.25, -0.2) is 4.79 Å². The van der Waals surface area contributed by atoms with E-state index in [1.54, 1.807) is 0 Å². The van der Waals surface area contributed by atoms with Crippen LogP contribution >= 0.6 is 0 Å². The van der Waals surface area contributed by atoms with Crippen LogP contribution in [0.1, 0.15) is 67.2 Å². The first-order valence-corrected chi connectivity index (χ1v) is 12.7. The summed E-state index contributed by atoms with van der Waals surface area (Å²) in [4.78, 5) is 11.8. The molecule has 0 aromatic rings. The van der Waals surface area contributed by atoms with Crippen LogP contribution in [0, 0.1) is 23.2 Å². The lowest BCUT2D eigenvalue weighted by molar-refractivity contribution is 0.0481. The van der Waals surface area contributed by atoms with Crippen molar-refractivity contribution in [3.8, 4) is 0 Å². The number of nitrogens with one attached hydrogen (secondary N) is 1. The van der Waals surface area contributed by atoms with Crippen molar-refractivity contribution in [2.24, 2.45) is 23.2 Å². The SMILES string of the molecule is C[SiH](C)OCC(C1CCC(CNC(=O)OC(C)(C)C)CC1)C(C)(C)C. The van der Waals surface area contributed by atoms with Gasteiger partial charge in [0.2, 0.25) is 0 Å². The second-order valence-electron chi connectivity index (χ2n) is 10.0. The molecule has 0 aliphatic heterocycles. The summed E-state index contributed by atoms with van der Waals surface area (Å²) in [5.74, 6) is 1.94. The molecule has 1 amide bonds. The molecule has 1 fully saturated rings. The fourth-order valence-corrected chi connectivity index (χ4v) is 4.32. The van der Waals surface area contributed by atoms with E-state index >= 15 is 0 Å². The van der Waals surface area contributed by atoms with Crippen LogP contribution in [0.3, 0.4) is 0 Å². The van der Waals surface area contributed by atoms with Crippen LogP contribution in [0.2, 0.25) is 13.1 Å². The molecule has 0 saturated heterocycles. The third kappa shape index (κ3) is 9.09. The molecular formula is C20H41NO3Si. The number of carbonyl (C=O) groups is 1. The highest BCUT2D eigenvalue weighted by molar-refractivity contribution is 6.48. The van der Waals surface area contributed by atoms with Crippen molar-refractivity contribution in [1.29, 1.82) is 0 Å². The number of rotatable bonds is 6. The molecule has 1 aliphatic carbocycles. The molecule has 0 spiro atoms. The Morgan fingerprint density at radius 3 is 2.08 bits per heavy atom. The quantitative estimate of drug-likeness (QED) is 0.670. The van der Waals surface area contributed by atoms with E-state index in [2.05, 4.69) is 39.2 Å². The number of hydrogen-bond donors (Lipinski definition) is 1. The molecule has 0 bridgehead atoms. The summed E-state index contributed by atoms with van der Waals surface area (Å²) in [5.41, 5.74) is -0.142. The molecule has 4 nitrogen and oxygen atoms in total. The zero-order chi connectivity index (χ0) is 19.3. The fourth-order valence-electron chi connectivity index (χ4n) is 3.73. The summed E-state index contributed by atoms with van der Waals surface area (Å²) < 4.78 is 11.4. The summed E-state index contributed by atoms with van der Waals surface area (Å²) in [6.45, 7) is 18.9. The third-order valence-electron chi connectivity index (χ3n) is 5.12. The zero-order valence-corrected chi connectivity index (χ0v) is 18.9. The Bertz CT molecular complexity index is 404. The predicted octanol–water partition coefficient (Wildman–Crippen LogP) is 4.98. The predicted molar refractivity (Wildman–Crippen MR) is 107 cm³/mol. The van der Waals surface area contributed by atoms with E-state index in [-0.39, 0.29) is 11.5 Å². The monoisotopic (exact) mass is 371 g/mol. The van der Waals surface area contributed by atoms with E-state index in [9.17, 15) is 4.79 Å². The summed E-state index contributed by atoms with van der Waals surface area (Å²) in [6, 6.07) is 0. The Morgan fingerprint density at radius 2 is 1.64 bits per heavy atom. The lowest BCUT2D eigenvalue weighted by atomic mass is 9.67. The minimum absolute atomic E-state index is 0.287. The van der Waals surface area contributed by atoms with Gasteiger partial charge >= 0.3 is 6.09 Å². The van der Waals surface area contributed by atoms with Crippen molar-refractivity contribution >= 4 is 15.1 Å². The van der Waals surface area contributed by atoms with Gasteiger partial charge in [-0.3, -0.25) is 0 Å². The molecule has 25 heavy (non-hydrogen) atoms. The summed E-state index contributed by atoms with van der Waals surface area (Å²) >= 11 is 0. The van der Waals surface area contributed by atoms with Gasteiger partial charge in [-0.05, 0) is 82.7 Å². The molecule has 1 rings (SSSR count). The number of alkyl carbamates (subject to hydrolysis) is 1. The molecule has 0 aromatic carbocycles. The van der Waals surface area contributed by atoms with Crippen molar-refractivity contribution in [3.63, 3.8) is 0 Å². The molecule has 0 aromatic heterocycles. The van der Waals surface area contributed by atoms with Crippen molar-refractivity contribution in [1.82, 2.24) is 5.32 Å². The van der Waals surface area contributed by atoms with Gasteiger partial charge in [-0.15, -0.1) is 0 Å². The van der Waals surface area contributed by atoms with Gasteiger partial charge in [0.15, 0.2) is 9.04 Å². The van der Waals surface area contributed by atoms with Crippen LogP contribution in [0.5, 0.6) is 0 Å². The summed E-state index contributed by atoms with van der Waals surface area (Å²) in [6.07, 6.45) is 4.56. The normalized spacial score (nSPS) is 23.4. The Balaban J connectivity index is 2.44. The van der Waals surface area contributed by atoms with Gasteiger partial charge in [0.1, 0.15) is 5.60 Å². The molecule has 0 radical (unpaired) electrons. The maximum atomic E-state index is 11.8. The van der Waals surface area contributed by atoms with Crippen LogP contribution < -0.4 is 5.32 Å². The molecule has 0 heterocycles. The van der Waals surface area contributed by atoms with Gasteiger partial charge in [-0.2, -0.15) is 0 Å². The van der Waals surface area contributed by atoms with E-state index in [1.165, 1.54) is 25.7 Å². The van der Waals surface area contributed by atoms with Crippen molar-refractivity contribution in [2.45, 2.75) is 85.9 Å². The number of carbonyl (C=O) groups excluding carboxylic acids is 1. The highest BCUT2D eigenvalue weighted by atomic mass is 28.3. The van der Waals surface area contributed by atoms with Crippen molar-refractivity contribution < 1.29 is 14.0 Å². The largest absolute Gasteiger partial charge is 0.444 e. The standard InChI is InChI=1S/C20H41NO3Si/c1-19(2,3)17(14-23-25(7)8)16-11-9-15(10-12-16)13-21-18(22)24-20(4,5)6/h15-17,25H,9-14H2,1-8H3,(H,21,22). The first kappa shape index (κ1) is 22.5. The molecule has 1 atom stereocenters. The van der Waals surface area contributed by atoms with Crippen LogP contribution in [-0.4, -0.2) is 33.9 Å². The van der Waals surface area contributed by atoms with Crippen LogP contribution in [0.25, 0.3) is 0 Å². The average Bonchev–Trinajstić information content (AvgIpc) is 2.43. The minimum Gasteiger partial charge on any atom is -0.444 e. The Kier molecular flexibility index (Phi) is 8.46. The summed E-state index contributed by atoms with van der Waals surface area (Å²) in [5, 5.41) is 2.94. The first-order chi connectivity index (χ1) is 11.4. The molecule has 5 heteroatoms. The van der Waals surface area contributed by atoms with Crippen LogP contribution in [0.4, 0.5) is 4.79 Å². The number of ether oxygens (including phenoxy) is 1. The maximum Gasteiger partial charge on any atom is 0.407 e. The maximum absolute atomic E-state index is 11.8. The lowest BCUT2D eigenvalue weighted by Gasteiger charge is -2.41. The lowest BCUT2D eigenvalue weighted by Crippen LogP contribution is -2.38. The zero-order valence-electron chi connectivity index (χ0n) is 17.8.